The first-order valence-electron chi connectivity index (χ1n) is 9.41. The number of carbonyl (C=O) groups excluding carboxylic acids is 3. The molecular formula is C20H24N2O3. The lowest BCUT2D eigenvalue weighted by atomic mass is 9.96. The van der Waals surface area contributed by atoms with E-state index < -0.39 is 0 Å². The zero-order chi connectivity index (χ0) is 17.4. The number of carbonyl (C=O) groups is 3. The van der Waals surface area contributed by atoms with Crippen molar-refractivity contribution in [1.82, 2.24) is 9.80 Å². The van der Waals surface area contributed by atoms with E-state index in [-0.39, 0.29) is 30.7 Å². The number of hydrogen-bond donors (Lipinski definition) is 0. The largest absolute Gasteiger partial charge is 0.339 e. The maximum Gasteiger partial charge on any atom is 0.261 e. The Morgan fingerprint density at radius 2 is 1.60 bits per heavy atom. The van der Waals surface area contributed by atoms with Crippen LogP contribution in [0.2, 0.25) is 0 Å². The zero-order valence-corrected chi connectivity index (χ0v) is 14.4. The highest BCUT2D eigenvalue weighted by Crippen LogP contribution is 2.35. The van der Waals surface area contributed by atoms with Crippen molar-refractivity contribution in [3.05, 3.63) is 35.4 Å². The molecule has 0 bridgehead atoms. The van der Waals surface area contributed by atoms with E-state index in [1.54, 1.807) is 24.3 Å². The third-order valence-electron chi connectivity index (χ3n) is 5.99. The van der Waals surface area contributed by atoms with Gasteiger partial charge in [0.05, 0.1) is 11.1 Å². The summed E-state index contributed by atoms with van der Waals surface area (Å²) in [5.74, 6) is 0.182. The highest BCUT2D eigenvalue weighted by molar-refractivity contribution is 6.21. The molecule has 5 nitrogen and oxygen atoms in total. The van der Waals surface area contributed by atoms with Crippen LogP contribution in [-0.4, -0.2) is 46.7 Å². The first-order valence-corrected chi connectivity index (χ1v) is 9.41. The monoisotopic (exact) mass is 340 g/mol. The van der Waals surface area contributed by atoms with Gasteiger partial charge in [-0.3, -0.25) is 19.3 Å². The van der Waals surface area contributed by atoms with E-state index in [4.69, 9.17) is 0 Å². The second kappa shape index (κ2) is 6.62. The summed E-state index contributed by atoms with van der Waals surface area (Å²) in [5.41, 5.74) is 0.898. The fourth-order valence-corrected chi connectivity index (χ4v) is 4.73. The number of hydrogen-bond acceptors (Lipinski definition) is 3. The van der Waals surface area contributed by atoms with Crippen LogP contribution in [-0.2, 0) is 4.79 Å². The molecule has 2 fully saturated rings. The summed E-state index contributed by atoms with van der Waals surface area (Å²) in [7, 11) is 0. The van der Waals surface area contributed by atoms with Crippen LogP contribution in [0, 0.1) is 5.92 Å². The van der Waals surface area contributed by atoms with Gasteiger partial charge in [0.2, 0.25) is 5.91 Å². The molecule has 0 N–H and O–H groups in total. The number of rotatable bonds is 4. The highest BCUT2D eigenvalue weighted by atomic mass is 16.2. The van der Waals surface area contributed by atoms with Crippen LogP contribution in [0.5, 0.6) is 0 Å². The minimum atomic E-state index is -0.276. The summed E-state index contributed by atoms with van der Waals surface area (Å²) >= 11 is 0. The molecule has 4 rings (SSSR count). The lowest BCUT2D eigenvalue weighted by molar-refractivity contribution is -0.133. The molecule has 2 aliphatic heterocycles. The van der Waals surface area contributed by atoms with Crippen molar-refractivity contribution < 1.29 is 14.4 Å². The standard InChI is InChI=1S/C20H24N2O3/c23-18(21-12-5-10-17(21)14-6-1-2-7-14)11-13-22-19(24)15-8-3-4-9-16(15)20(22)25/h3-4,8-9,14,17H,1-2,5-7,10-13H2. The van der Waals surface area contributed by atoms with Crippen LogP contribution in [0.25, 0.3) is 0 Å². The SMILES string of the molecule is O=C1c2ccccc2C(=O)N1CCC(=O)N1CCCC1C1CCCC1. The van der Waals surface area contributed by atoms with E-state index in [1.165, 1.54) is 30.6 Å². The van der Waals surface area contributed by atoms with Gasteiger partial charge >= 0.3 is 0 Å². The van der Waals surface area contributed by atoms with Crippen LogP contribution in [0.3, 0.4) is 0 Å². The Balaban J connectivity index is 1.39. The molecule has 1 aromatic rings. The van der Waals surface area contributed by atoms with Crippen molar-refractivity contribution in [2.24, 2.45) is 5.92 Å². The number of fused-ring (bicyclic) bond motifs is 1. The third-order valence-corrected chi connectivity index (χ3v) is 5.99. The molecule has 1 aromatic carbocycles. The number of imide groups is 1. The molecule has 1 atom stereocenters. The molecule has 5 heteroatoms. The molecule has 0 spiro atoms. The van der Waals surface area contributed by atoms with Crippen LogP contribution in [0.4, 0.5) is 0 Å². The lowest BCUT2D eigenvalue weighted by Gasteiger charge is -2.30. The lowest BCUT2D eigenvalue weighted by Crippen LogP contribution is -2.41. The summed E-state index contributed by atoms with van der Waals surface area (Å²) in [6.45, 7) is 1.00. The minimum absolute atomic E-state index is 0.0888. The van der Waals surface area contributed by atoms with Crippen LogP contribution >= 0.6 is 0 Å². The van der Waals surface area contributed by atoms with Crippen molar-refractivity contribution in [3.63, 3.8) is 0 Å². The second-order valence-corrected chi connectivity index (χ2v) is 7.40. The van der Waals surface area contributed by atoms with Gasteiger partial charge in [-0.05, 0) is 43.7 Å². The molecule has 1 saturated carbocycles. The highest BCUT2D eigenvalue weighted by Gasteiger charge is 2.38. The molecule has 1 unspecified atom stereocenters. The smallest absolute Gasteiger partial charge is 0.261 e. The molecule has 0 aromatic heterocycles. The summed E-state index contributed by atoms with van der Waals surface area (Å²) in [6.07, 6.45) is 7.41. The Hall–Kier alpha value is -2.17. The summed E-state index contributed by atoms with van der Waals surface area (Å²) < 4.78 is 0. The maximum atomic E-state index is 12.7. The fraction of sp³-hybridized carbons (Fsp3) is 0.550. The average Bonchev–Trinajstić information content (AvgIpc) is 3.35. The number of benzene rings is 1. The Morgan fingerprint density at radius 3 is 2.24 bits per heavy atom. The van der Waals surface area contributed by atoms with Crippen LogP contribution in [0.1, 0.15) is 65.7 Å². The normalized spacial score (nSPS) is 23.6. The second-order valence-electron chi connectivity index (χ2n) is 7.40. The van der Waals surface area contributed by atoms with E-state index in [9.17, 15) is 14.4 Å². The van der Waals surface area contributed by atoms with Crippen LogP contribution in [0.15, 0.2) is 24.3 Å². The molecule has 132 valence electrons. The Morgan fingerprint density at radius 1 is 0.960 bits per heavy atom. The molecule has 0 radical (unpaired) electrons. The van der Waals surface area contributed by atoms with E-state index in [0.29, 0.717) is 23.1 Å². The predicted octanol–water partition coefficient (Wildman–Crippen LogP) is 2.85. The van der Waals surface area contributed by atoms with E-state index in [2.05, 4.69) is 0 Å². The van der Waals surface area contributed by atoms with Gasteiger partial charge in [0.25, 0.3) is 11.8 Å². The molecule has 3 aliphatic rings. The first kappa shape index (κ1) is 16.3. The molecule has 1 aliphatic carbocycles. The van der Waals surface area contributed by atoms with Crippen molar-refractivity contribution in [2.75, 3.05) is 13.1 Å². The van der Waals surface area contributed by atoms with Gasteiger partial charge in [0.1, 0.15) is 0 Å². The van der Waals surface area contributed by atoms with E-state index >= 15 is 0 Å². The first-order chi connectivity index (χ1) is 12.2. The van der Waals surface area contributed by atoms with Crippen molar-refractivity contribution in [2.45, 2.75) is 51.0 Å². The maximum absolute atomic E-state index is 12.7. The molecule has 25 heavy (non-hydrogen) atoms. The number of nitrogens with zero attached hydrogens (tertiary/aromatic N) is 2. The molecule has 3 amide bonds. The Bertz CT molecular complexity index is 674. The van der Waals surface area contributed by atoms with Gasteiger partial charge in [-0.1, -0.05) is 25.0 Å². The van der Waals surface area contributed by atoms with Crippen molar-refractivity contribution in [3.8, 4) is 0 Å². The Labute approximate surface area is 148 Å². The predicted molar refractivity (Wildman–Crippen MR) is 93.1 cm³/mol. The van der Waals surface area contributed by atoms with Gasteiger partial charge in [-0.2, -0.15) is 0 Å². The molecule has 1 saturated heterocycles. The third kappa shape index (κ3) is 2.86. The fourth-order valence-electron chi connectivity index (χ4n) is 4.73. The van der Waals surface area contributed by atoms with E-state index in [1.807, 2.05) is 4.90 Å². The summed E-state index contributed by atoms with van der Waals surface area (Å²) in [4.78, 5) is 40.8. The number of amides is 3. The average molecular weight is 340 g/mol. The van der Waals surface area contributed by atoms with Gasteiger partial charge in [-0.15, -0.1) is 0 Å². The number of likely N-dealkylation sites (tertiary alicyclic amines) is 1. The van der Waals surface area contributed by atoms with Gasteiger partial charge in [-0.25, -0.2) is 0 Å². The quantitative estimate of drug-likeness (QED) is 0.792. The minimum Gasteiger partial charge on any atom is -0.339 e. The zero-order valence-electron chi connectivity index (χ0n) is 14.4. The van der Waals surface area contributed by atoms with Gasteiger partial charge in [0.15, 0.2) is 0 Å². The van der Waals surface area contributed by atoms with Gasteiger partial charge < -0.3 is 4.90 Å². The summed E-state index contributed by atoms with van der Waals surface area (Å²) in [5, 5.41) is 0. The molecule has 2 heterocycles. The van der Waals surface area contributed by atoms with Crippen molar-refractivity contribution in [1.29, 1.82) is 0 Å². The van der Waals surface area contributed by atoms with Gasteiger partial charge in [0, 0.05) is 25.6 Å². The van der Waals surface area contributed by atoms with Crippen molar-refractivity contribution >= 4 is 17.7 Å². The Kier molecular flexibility index (Phi) is 4.32. The van der Waals surface area contributed by atoms with Crippen LogP contribution < -0.4 is 0 Å². The molecular weight excluding hydrogens is 316 g/mol. The summed E-state index contributed by atoms with van der Waals surface area (Å²) in [6, 6.07) is 7.24. The topological polar surface area (TPSA) is 57.7 Å². The van der Waals surface area contributed by atoms with E-state index in [0.717, 1.165) is 19.4 Å².